The summed E-state index contributed by atoms with van der Waals surface area (Å²) < 4.78 is 9.56. The summed E-state index contributed by atoms with van der Waals surface area (Å²) in [4.78, 5) is 70.9. The number of carbonyl (C=O) groups excluding carboxylic acids is 4. The fraction of sp³-hybridized carbons (Fsp3) is 0.273. The average molecular weight is 785 g/mol. The summed E-state index contributed by atoms with van der Waals surface area (Å²) in [5.74, 6) is 0.640. The molecule has 0 aliphatic carbocycles. The van der Waals surface area contributed by atoms with E-state index >= 15 is 0 Å². The van der Waals surface area contributed by atoms with Crippen molar-refractivity contribution < 1.29 is 28.7 Å². The quantitative estimate of drug-likeness (QED) is 0.0854. The Morgan fingerprint density at radius 3 is 1.36 bits per heavy atom. The van der Waals surface area contributed by atoms with Crippen LogP contribution in [-0.2, 0) is 31.9 Å². The Kier molecular flexibility index (Phi) is 12.9. The second kappa shape index (κ2) is 18.3. The molecule has 0 aliphatic rings. The number of likely N-dealkylation sites (N-methyl/N-ethyl adjacent to an activating group) is 2. The van der Waals surface area contributed by atoms with E-state index in [4.69, 9.17) is 19.4 Å². The minimum atomic E-state index is -0.923. The largest absolute Gasteiger partial charge is 0.453 e. The van der Waals surface area contributed by atoms with E-state index in [1.807, 2.05) is 74.5 Å². The van der Waals surface area contributed by atoms with Gasteiger partial charge in [0, 0.05) is 14.1 Å². The summed E-state index contributed by atoms with van der Waals surface area (Å²) in [5.41, 5.74) is 6.77. The molecular weight excluding hydrogens is 737 g/mol. The molecule has 0 aliphatic heterocycles. The number of fused-ring (bicyclic) bond motifs is 2. The van der Waals surface area contributed by atoms with Crippen molar-refractivity contribution >= 4 is 46.1 Å². The number of imidazole rings is 2. The van der Waals surface area contributed by atoms with Crippen molar-refractivity contribution in [3.05, 3.63) is 143 Å². The van der Waals surface area contributed by atoms with E-state index in [0.29, 0.717) is 35.6 Å². The van der Waals surface area contributed by atoms with Crippen LogP contribution in [0, 0.1) is 0 Å². The van der Waals surface area contributed by atoms with Crippen molar-refractivity contribution in [2.45, 2.75) is 50.9 Å². The van der Waals surface area contributed by atoms with Gasteiger partial charge in [0.25, 0.3) is 0 Å². The van der Waals surface area contributed by atoms with Gasteiger partial charge in [-0.1, -0.05) is 84.9 Å². The van der Waals surface area contributed by atoms with Crippen LogP contribution >= 0.6 is 0 Å². The highest BCUT2D eigenvalue weighted by Crippen LogP contribution is 2.27. The Hall–Kier alpha value is -6.96. The van der Waals surface area contributed by atoms with E-state index in [1.54, 1.807) is 48.2 Å². The first-order valence-corrected chi connectivity index (χ1v) is 18.9. The Balaban J connectivity index is 1.07. The molecule has 2 heterocycles. The maximum absolute atomic E-state index is 13.6. The lowest BCUT2D eigenvalue weighted by molar-refractivity contribution is -0.135. The number of alkyl carbamates (subject to hydrolysis) is 2. The smallest absolute Gasteiger partial charge is 0.407 e. The van der Waals surface area contributed by atoms with Crippen molar-refractivity contribution in [1.29, 1.82) is 0 Å². The molecule has 0 saturated heterocycles. The fourth-order valence-electron chi connectivity index (χ4n) is 6.62. The number of nitrogens with zero attached hydrogens (tertiary/aromatic N) is 4. The Labute approximate surface area is 336 Å². The van der Waals surface area contributed by atoms with E-state index in [0.717, 1.165) is 33.2 Å². The Morgan fingerprint density at radius 1 is 0.621 bits per heavy atom. The van der Waals surface area contributed by atoms with Crippen LogP contribution in [0.3, 0.4) is 0 Å². The first-order valence-electron chi connectivity index (χ1n) is 18.9. The van der Waals surface area contributed by atoms with Crippen LogP contribution < -0.4 is 10.6 Å². The number of carbonyl (C=O) groups is 4. The summed E-state index contributed by atoms with van der Waals surface area (Å²) in [7, 11) is 5.90. The van der Waals surface area contributed by atoms with Crippen molar-refractivity contribution in [3.63, 3.8) is 0 Å². The van der Waals surface area contributed by atoms with Crippen LogP contribution in [0.1, 0.15) is 71.9 Å². The van der Waals surface area contributed by atoms with Gasteiger partial charge in [0.2, 0.25) is 11.8 Å². The normalized spacial score (nSPS) is 13.4. The minimum absolute atomic E-state index is 0.305. The number of amides is 4. The molecule has 4 atom stereocenters. The van der Waals surface area contributed by atoms with Crippen LogP contribution in [0.4, 0.5) is 9.59 Å². The van der Waals surface area contributed by atoms with E-state index in [1.165, 1.54) is 14.2 Å². The van der Waals surface area contributed by atoms with Crippen LogP contribution in [0.25, 0.3) is 22.1 Å². The maximum atomic E-state index is 13.6. The van der Waals surface area contributed by atoms with Crippen molar-refractivity contribution in [2.75, 3.05) is 28.3 Å². The highest BCUT2D eigenvalue weighted by Gasteiger charge is 2.31. The van der Waals surface area contributed by atoms with Crippen LogP contribution in [0.15, 0.2) is 109 Å². The summed E-state index contributed by atoms with van der Waals surface area (Å²) in [6.07, 6.45) is 4.28. The van der Waals surface area contributed by atoms with E-state index in [9.17, 15) is 19.2 Å². The number of allylic oxidation sites excluding steroid dienone is 2. The highest BCUT2D eigenvalue weighted by atomic mass is 16.5. The van der Waals surface area contributed by atoms with Crippen molar-refractivity contribution in [1.82, 2.24) is 40.4 Å². The molecule has 14 heteroatoms. The molecule has 4 N–H and O–H groups in total. The van der Waals surface area contributed by atoms with Gasteiger partial charge in [-0.05, 0) is 73.2 Å². The van der Waals surface area contributed by atoms with Gasteiger partial charge in [-0.3, -0.25) is 9.59 Å². The van der Waals surface area contributed by atoms with Gasteiger partial charge in [0.1, 0.15) is 23.7 Å². The zero-order valence-electron chi connectivity index (χ0n) is 33.4. The molecule has 0 spiro atoms. The lowest BCUT2D eigenvalue weighted by atomic mass is 10.1. The van der Waals surface area contributed by atoms with Crippen molar-refractivity contribution in [3.8, 4) is 0 Å². The van der Waals surface area contributed by atoms with Crippen LogP contribution in [-0.4, -0.2) is 82.1 Å². The summed E-state index contributed by atoms with van der Waals surface area (Å²) >= 11 is 0. The lowest BCUT2D eigenvalue weighted by Gasteiger charge is -2.28. The molecule has 0 radical (unpaired) electrons. The number of hydrogen-bond donors (Lipinski definition) is 4. The zero-order chi connectivity index (χ0) is 41.3. The SMILES string of the molecule is COC(=O)N[C@@H](C(=O)N(C)[C@@H](C)c1nc2ccc(C/C=C/Cc3ccc4nc([C@H](C)N(C)C(=O)[C@H](NC(=O)OC)c5ccccc5)[nH]c4c3)cc2[nH]1)c1ccccc1. The molecule has 0 bridgehead atoms. The maximum Gasteiger partial charge on any atom is 0.407 e. The van der Waals surface area contributed by atoms with Gasteiger partial charge in [-0.2, -0.15) is 0 Å². The number of aromatic nitrogens is 4. The van der Waals surface area contributed by atoms with Crippen LogP contribution in [0.5, 0.6) is 0 Å². The molecule has 6 rings (SSSR count). The van der Waals surface area contributed by atoms with Crippen molar-refractivity contribution in [2.24, 2.45) is 0 Å². The summed E-state index contributed by atoms with van der Waals surface area (Å²) in [5, 5.41) is 5.31. The lowest BCUT2D eigenvalue weighted by Crippen LogP contribution is -2.42. The second-order valence-corrected chi connectivity index (χ2v) is 14.0. The monoisotopic (exact) mass is 784 g/mol. The molecule has 2 aromatic heterocycles. The van der Waals surface area contributed by atoms with Gasteiger partial charge in [0.05, 0.1) is 48.4 Å². The predicted octanol–water partition coefficient (Wildman–Crippen LogP) is 7.01. The van der Waals surface area contributed by atoms with Crippen LogP contribution in [0.2, 0.25) is 0 Å². The molecule has 300 valence electrons. The third-order valence-electron chi connectivity index (χ3n) is 10.3. The standard InChI is InChI=1S/C44H48N8O6/c1-27(51(3)41(53)37(49-43(55)57-5)31-17-9-7-10-18-31)39-45-33-23-21-29(25-35(33)47-39)15-13-14-16-30-22-24-34-36(26-30)48-40(46-34)28(2)52(4)42(54)38(50-44(56)58-6)32-19-11-8-12-20-32/h7-14,17-28,37-38H,15-16H2,1-6H3,(H,45,47)(H,46,48)(H,49,55)(H,50,56)/b14-13+/t27-,28-,37+,38+/m0/s1. The molecule has 0 unspecified atom stereocenters. The number of rotatable bonds is 14. The topological polar surface area (TPSA) is 175 Å². The van der Waals surface area contributed by atoms with Gasteiger partial charge in [0.15, 0.2) is 0 Å². The first-order chi connectivity index (χ1) is 28.0. The highest BCUT2D eigenvalue weighted by molar-refractivity contribution is 5.88. The van der Waals surface area contributed by atoms with E-state index in [-0.39, 0.29) is 11.8 Å². The number of methoxy groups -OCH3 is 2. The molecule has 6 aromatic rings. The van der Waals surface area contributed by atoms with Gasteiger partial charge < -0.3 is 39.9 Å². The third-order valence-corrected chi connectivity index (χ3v) is 10.3. The molecule has 0 fully saturated rings. The van der Waals surface area contributed by atoms with Gasteiger partial charge in [-0.15, -0.1) is 0 Å². The number of nitrogens with one attached hydrogen (secondary N) is 4. The number of ether oxygens (including phenoxy) is 2. The Bertz CT molecular complexity index is 2240. The fourth-order valence-corrected chi connectivity index (χ4v) is 6.62. The predicted molar refractivity (Wildman–Crippen MR) is 221 cm³/mol. The molecule has 14 nitrogen and oxygen atoms in total. The first kappa shape index (κ1) is 40.7. The Morgan fingerprint density at radius 2 is 1.00 bits per heavy atom. The molecule has 58 heavy (non-hydrogen) atoms. The number of hydrogen-bond acceptors (Lipinski definition) is 8. The number of H-pyrrole nitrogens is 2. The summed E-state index contributed by atoms with van der Waals surface area (Å²) in [6, 6.07) is 27.5. The zero-order valence-corrected chi connectivity index (χ0v) is 33.4. The molecule has 4 amide bonds. The molecular formula is C44H48N8O6. The third kappa shape index (κ3) is 9.35. The minimum Gasteiger partial charge on any atom is -0.453 e. The number of benzene rings is 4. The van der Waals surface area contributed by atoms with Gasteiger partial charge >= 0.3 is 12.2 Å². The number of aromatic amines is 2. The summed E-state index contributed by atoms with van der Waals surface area (Å²) in [6.45, 7) is 3.77. The second-order valence-electron chi connectivity index (χ2n) is 14.0. The van der Waals surface area contributed by atoms with Gasteiger partial charge in [-0.25, -0.2) is 19.6 Å². The van der Waals surface area contributed by atoms with E-state index in [2.05, 4.69) is 44.9 Å². The van der Waals surface area contributed by atoms with E-state index < -0.39 is 36.4 Å². The molecule has 0 saturated carbocycles. The average Bonchev–Trinajstić information content (AvgIpc) is 3.89. The molecule has 4 aromatic carbocycles.